The zero-order chi connectivity index (χ0) is 17.4. The quantitative estimate of drug-likeness (QED) is 0.775. The lowest BCUT2D eigenvalue weighted by Gasteiger charge is -2.33. The van der Waals surface area contributed by atoms with Gasteiger partial charge in [0.25, 0.3) is 11.8 Å². The number of likely N-dealkylation sites (N-methyl/N-ethyl adjacent to an activating group) is 2. The Hall–Kier alpha value is -1.88. The lowest BCUT2D eigenvalue weighted by molar-refractivity contribution is -0.912. The fourth-order valence-electron chi connectivity index (χ4n) is 3.39. The number of benzene rings is 1. The van der Waals surface area contributed by atoms with E-state index in [0.29, 0.717) is 13.1 Å². The van der Waals surface area contributed by atoms with E-state index in [9.17, 15) is 9.59 Å². The van der Waals surface area contributed by atoms with Gasteiger partial charge in [0.15, 0.2) is 12.6 Å². The Morgan fingerprint density at radius 2 is 1.79 bits per heavy atom. The van der Waals surface area contributed by atoms with Gasteiger partial charge in [0.2, 0.25) is 0 Å². The highest BCUT2D eigenvalue weighted by Gasteiger charge is 2.35. The molecule has 2 atom stereocenters. The maximum atomic E-state index is 13.2. The van der Waals surface area contributed by atoms with E-state index in [0.717, 1.165) is 42.9 Å². The smallest absolute Gasteiger partial charge is 0.285 e. The van der Waals surface area contributed by atoms with Crippen molar-refractivity contribution in [2.24, 2.45) is 0 Å². The molecule has 132 valence electrons. The summed E-state index contributed by atoms with van der Waals surface area (Å²) in [4.78, 5) is 28.3. The minimum absolute atomic E-state index is 0.00160. The summed E-state index contributed by atoms with van der Waals surface area (Å²) in [7, 11) is 0. The molecule has 5 nitrogen and oxygen atoms in total. The Balaban J connectivity index is 2.23. The average molecular weight is 332 g/mol. The molecule has 0 radical (unpaired) electrons. The average Bonchev–Trinajstić information content (AvgIpc) is 2.63. The maximum absolute atomic E-state index is 13.2. The predicted molar refractivity (Wildman–Crippen MR) is 94.7 cm³/mol. The first-order valence-corrected chi connectivity index (χ1v) is 9.12. The molecule has 1 aliphatic heterocycles. The second-order valence-corrected chi connectivity index (χ2v) is 6.37. The molecule has 1 saturated heterocycles. The Kier molecular flexibility index (Phi) is 7.25. The minimum atomic E-state index is -0.308. The van der Waals surface area contributed by atoms with Crippen LogP contribution in [-0.4, -0.2) is 49.4 Å². The normalized spacial score (nSPS) is 17.2. The van der Waals surface area contributed by atoms with Gasteiger partial charge in [0.1, 0.15) is 0 Å². The predicted octanol–water partition coefficient (Wildman–Crippen LogP) is 0.781. The molecule has 1 aromatic carbocycles. The molecule has 2 amide bonds. The molecule has 0 aromatic heterocycles. The second kappa shape index (κ2) is 9.42. The lowest BCUT2D eigenvalue weighted by Crippen LogP contribution is -3.14. The van der Waals surface area contributed by atoms with Crippen molar-refractivity contribution >= 4 is 11.8 Å². The number of quaternary nitrogens is 1. The van der Waals surface area contributed by atoms with Gasteiger partial charge < -0.3 is 15.1 Å². The molecule has 1 aliphatic rings. The molecular weight excluding hydrogens is 302 g/mol. The van der Waals surface area contributed by atoms with Crippen LogP contribution < -0.4 is 10.2 Å². The fraction of sp³-hybridized carbons (Fsp3) is 0.579. The molecule has 0 spiro atoms. The molecule has 1 fully saturated rings. The molecule has 1 unspecified atom stereocenters. The summed E-state index contributed by atoms with van der Waals surface area (Å²) >= 11 is 0. The van der Waals surface area contributed by atoms with Crippen LogP contribution in [0.3, 0.4) is 0 Å². The van der Waals surface area contributed by atoms with Crippen molar-refractivity contribution < 1.29 is 14.5 Å². The van der Waals surface area contributed by atoms with Crippen molar-refractivity contribution in [1.29, 1.82) is 0 Å². The first-order valence-electron chi connectivity index (χ1n) is 9.12. The van der Waals surface area contributed by atoms with Crippen LogP contribution in [0.15, 0.2) is 30.3 Å². The molecule has 5 heteroatoms. The van der Waals surface area contributed by atoms with Gasteiger partial charge in [-0.1, -0.05) is 30.3 Å². The number of carbonyl (C=O) groups is 2. The molecule has 0 aliphatic carbocycles. The van der Waals surface area contributed by atoms with Gasteiger partial charge >= 0.3 is 0 Å². The third-order valence-corrected chi connectivity index (χ3v) is 4.67. The van der Waals surface area contributed by atoms with Crippen LogP contribution in [0.4, 0.5) is 0 Å². The number of carbonyl (C=O) groups excluding carboxylic acids is 2. The van der Waals surface area contributed by atoms with Gasteiger partial charge in [-0.3, -0.25) is 9.59 Å². The molecule has 1 aromatic rings. The van der Waals surface area contributed by atoms with E-state index < -0.39 is 0 Å². The topological polar surface area (TPSA) is 53.9 Å². The van der Waals surface area contributed by atoms with Gasteiger partial charge in [-0.15, -0.1) is 0 Å². The number of nitrogens with zero attached hydrogens (tertiary/aromatic N) is 1. The largest absolute Gasteiger partial charge is 0.351 e. The molecule has 0 saturated carbocycles. The number of likely N-dealkylation sites (tertiary alicyclic amines) is 1. The summed E-state index contributed by atoms with van der Waals surface area (Å²) in [6.45, 7) is 7.29. The van der Waals surface area contributed by atoms with Gasteiger partial charge in [0, 0.05) is 25.2 Å². The van der Waals surface area contributed by atoms with Crippen molar-refractivity contribution in [2.45, 2.75) is 39.2 Å². The minimum Gasteiger partial charge on any atom is -0.351 e. The third-order valence-electron chi connectivity index (χ3n) is 4.67. The standard InChI is InChI=1S/C19H29N3O2/c1-3-20-17(23)15-21(4-2)18(16-11-7-5-8-12-16)19(24)22-13-9-6-10-14-22/h5,7-8,11-12,18H,3-4,6,9-10,13-15H2,1-2H3,(H,20,23)/p+1/t18-/m0/s1. The van der Waals surface area contributed by atoms with Crippen molar-refractivity contribution in [2.75, 3.05) is 32.7 Å². The molecule has 0 bridgehead atoms. The van der Waals surface area contributed by atoms with E-state index in [2.05, 4.69) is 5.32 Å². The van der Waals surface area contributed by atoms with Gasteiger partial charge in [-0.05, 0) is 33.1 Å². The van der Waals surface area contributed by atoms with Crippen molar-refractivity contribution in [1.82, 2.24) is 10.2 Å². The number of hydrogen-bond donors (Lipinski definition) is 2. The van der Waals surface area contributed by atoms with Crippen LogP contribution in [0, 0.1) is 0 Å². The first-order chi connectivity index (χ1) is 11.7. The molecule has 24 heavy (non-hydrogen) atoms. The SMILES string of the molecule is CCNC(=O)C[NH+](CC)[C@H](C(=O)N1CCCCC1)c1ccccc1. The summed E-state index contributed by atoms with van der Waals surface area (Å²) in [5, 5.41) is 2.85. The van der Waals surface area contributed by atoms with E-state index in [1.54, 1.807) is 0 Å². The zero-order valence-corrected chi connectivity index (χ0v) is 14.9. The molecule has 2 N–H and O–H groups in total. The van der Waals surface area contributed by atoms with E-state index >= 15 is 0 Å². The van der Waals surface area contributed by atoms with Crippen LogP contribution in [-0.2, 0) is 9.59 Å². The Morgan fingerprint density at radius 3 is 2.38 bits per heavy atom. The Labute approximate surface area is 145 Å². The summed E-state index contributed by atoms with van der Waals surface area (Å²) in [6, 6.07) is 9.58. The van der Waals surface area contributed by atoms with E-state index in [4.69, 9.17) is 0 Å². The highest BCUT2D eigenvalue weighted by Crippen LogP contribution is 2.17. The maximum Gasteiger partial charge on any atom is 0.285 e. The number of amides is 2. The monoisotopic (exact) mass is 332 g/mol. The number of hydrogen-bond acceptors (Lipinski definition) is 2. The molecule has 1 heterocycles. The Bertz CT molecular complexity index is 527. The van der Waals surface area contributed by atoms with Crippen LogP contribution in [0.25, 0.3) is 0 Å². The second-order valence-electron chi connectivity index (χ2n) is 6.37. The van der Waals surface area contributed by atoms with Gasteiger partial charge in [-0.2, -0.15) is 0 Å². The molecule has 2 rings (SSSR count). The summed E-state index contributed by atoms with van der Waals surface area (Å²) in [6.07, 6.45) is 3.35. The highest BCUT2D eigenvalue weighted by molar-refractivity contribution is 5.83. The van der Waals surface area contributed by atoms with E-state index in [1.807, 2.05) is 49.1 Å². The summed E-state index contributed by atoms with van der Waals surface area (Å²) in [5.41, 5.74) is 0.995. The number of piperidine rings is 1. The fourth-order valence-corrected chi connectivity index (χ4v) is 3.39. The third kappa shape index (κ3) is 4.81. The van der Waals surface area contributed by atoms with Gasteiger partial charge in [-0.25, -0.2) is 0 Å². The van der Waals surface area contributed by atoms with Crippen LogP contribution >= 0.6 is 0 Å². The Morgan fingerprint density at radius 1 is 1.12 bits per heavy atom. The zero-order valence-electron chi connectivity index (χ0n) is 14.9. The van der Waals surface area contributed by atoms with Crippen LogP contribution in [0.1, 0.15) is 44.7 Å². The summed E-state index contributed by atoms with van der Waals surface area (Å²) < 4.78 is 0. The van der Waals surface area contributed by atoms with Crippen molar-refractivity contribution in [3.05, 3.63) is 35.9 Å². The summed E-state index contributed by atoms with van der Waals surface area (Å²) in [5.74, 6) is 0.156. The van der Waals surface area contributed by atoms with Crippen LogP contribution in [0.5, 0.6) is 0 Å². The van der Waals surface area contributed by atoms with Gasteiger partial charge in [0.05, 0.1) is 6.54 Å². The number of rotatable bonds is 7. The molecular formula is C19H30N3O2+. The van der Waals surface area contributed by atoms with Crippen molar-refractivity contribution in [3.63, 3.8) is 0 Å². The highest BCUT2D eigenvalue weighted by atomic mass is 16.2. The van der Waals surface area contributed by atoms with Crippen molar-refractivity contribution in [3.8, 4) is 0 Å². The first kappa shape index (κ1) is 18.5. The van der Waals surface area contributed by atoms with Crippen LogP contribution in [0.2, 0.25) is 0 Å². The lowest BCUT2D eigenvalue weighted by atomic mass is 10.0. The van der Waals surface area contributed by atoms with E-state index in [-0.39, 0.29) is 17.9 Å². The van der Waals surface area contributed by atoms with E-state index in [1.165, 1.54) is 6.42 Å². The number of nitrogens with one attached hydrogen (secondary N) is 2.